The molecule has 3 aromatic rings. The number of nitrogens with one attached hydrogen (secondary N) is 2. The first kappa shape index (κ1) is 28.1. The maximum absolute atomic E-state index is 13.6. The number of carbonyl (C=O) groups excluding carboxylic acids is 1. The molecular formula is C28H35ClN4O4S. The molecule has 0 saturated heterocycles. The maximum Gasteiger partial charge on any atom is 0.243 e. The average Bonchev–Trinajstić information content (AvgIpc) is 2.92. The number of benzene rings is 2. The Balaban J connectivity index is 1.34. The zero-order valence-electron chi connectivity index (χ0n) is 21.7. The largest absolute Gasteiger partial charge is 0.494 e. The van der Waals surface area contributed by atoms with Gasteiger partial charge in [0.25, 0.3) is 0 Å². The summed E-state index contributed by atoms with van der Waals surface area (Å²) in [4.78, 5) is 17.4. The minimum absolute atomic E-state index is 0.175. The van der Waals surface area contributed by atoms with Crippen LogP contribution in [0.3, 0.4) is 0 Å². The predicted molar refractivity (Wildman–Crippen MR) is 151 cm³/mol. The van der Waals surface area contributed by atoms with Gasteiger partial charge in [-0.2, -0.15) is 4.31 Å². The summed E-state index contributed by atoms with van der Waals surface area (Å²) >= 11 is 6.07. The van der Waals surface area contributed by atoms with Crippen molar-refractivity contribution in [2.45, 2.75) is 56.4 Å². The monoisotopic (exact) mass is 558 g/mol. The van der Waals surface area contributed by atoms with Crippen molar-refractivity contribution in [3.8, 4) is 5.75 Å². The van der Waals surface area contributed by atoms with Crippen molar-refractivity contribution in [2.75, 3.05) is 31.6 Å². The van der Waals surface area contributed by atoms with Crippen LogP contribution in [0.15, 0.2) is 59.6 Å². The van der Waals surface area contributed by atoms with Crippen LogP contribution in [0.4, 0.5) is 5.69 Å². The molecule has 10 heteroatoms. The Morgan fingerprint density at radius 3 is 2.58 bits per heavy atom. The van der Waals surface area contributed by atoms with Crippen LogP contribution in [0.5, 0.6) is 5.75 Å². The molecule has 1 fully saturated rings. The standard InChI is InChI=1S/C28H35ClN4O4S/c1-2-37-23-10-12-24(13-11-23)38(35,36)33(22-7-4-3-5-8-22)20-28(34)32-17-6-16-30-26-15-18-31-27-19-21(29)9-14-25(26)27/h9-15,18-19,22H,2-8,16-17,20H2,1H3,(H,30,31)(H,32,34). The molecule has 1 aliphatic rings. The van der Waals surface area contributed by atoms with Crippen molar-refractivity contribution in [1.82, 2.24) is 14.6 Å². The number of fused-ring (bicyclic) bond motifs is 1. The molecule has 0 unspecified atom stereocenters. The second-order valence-electron chi connectivity index (χ2n) is 9.40. The van der Waals surface area contributed by atoms with E-state index in [-0.39, 0.29) is 23.4 Å². The van der Waals surface area contributed by atoms with E-state index in [0.29, 0.717) is 36.9 Å². The minimum atomic E-state index is -3.83. The molecule has 1 aromatic heterocycles. The third-order valence-corrected chi connectivity index (χ3v) is 8.87. The molecule has 1 aliphatic carbocycles. The molecule has 204 valence electrons. The van der Waals surface area contributed by atoms with Crippen LogP contribution in [0.1, 0.15) is 45.4 Å². The molecule has 38 heavy (non-hydrogen) atoms. The van der Waals surface area contributed by atoms with Crippen LogP contribution in [0, 0.1) is 0 Å². The molecular weight excluding hydrogens is 524 g/mol. The third-order valence-electron chi connectivity index (χ3n) is 6.72. The first-order valence-electron chi connectivity index (χ1n) is 13.2. The smallest absolute Gasteiger partial charge is 0.243 e. The lowest BCUT2D eigenvalue weighted by atomic mass is 9.95. The van der Waals surface area contributed by atoms with Gasteiger partial charge < -0.3 is 15.4 Å². The molecule has 0 atom stereocenters. The Bertz CT molecular complexity index is 1330. The number of carbonyl (C=O) groups is 1. The Morgan fingerprint density at radius 1 is 1.08 bits per heavy atom. The lowest BCUT2D eigenvalue weighted by molar-refractivity contribution is -0.121. The molecule has 0 aliphatic heterocycles. The number of hydrogen-bond donors (Lipinski definition) is 2. The highest BCUT2D eigenvalue weighted by atomic mass is 35.5. The van der Waals surface area contributed by atoms with Crippen molar-refractivity contribution in [3.05, 3.63) is 59.8 Å². The van der Waals surface area contributed by atoms with Crippen molar-refractivity contribution in [2.24, 2.45) is 0 Å². The Morgan fingerprint density at radius 2 is 1.84 bits per heavy atom. The van der Waals surface area contributed by atoms with Gasteiger partial charge in [0.2, 0.25) is 15.9 Å². The van der Waals surface area contributed by atoms with Gasteiger partial charge in [-0.1, -0.05) is 30.9 Å². The van der Waals surface area contributed by atoms with Crippen molar-refractivity contribution >= 4 is 44.1 Å². The topological polar surface area (TPSA) is 101 Å². The highest BCUT2D eigenvalue weighted by Gasteiger charge is 2.34. The van der Waals surface area contributed by atoms with Gasteiger partial charge in [0.1, 0.15) is 5.75 Å². The zero-order chi connectivity index (χ0) is 27.0. The summed E-state index contributed by atoms with van der Waals surface area (Å²) in [5, 5.41) is 7.89. The predicted octanol–water partition coefficient (Wildman–Crippen LogP) is 5.23. The molecule has 8 nitrogen and oxygen atoms in total. The highest BCUT2D eigenvalue weighted by Crippen LogP contribution is 2.29. The van der Waals surface area contributed by atoms with E-state index in [9.17, 15) is 13.2 Å². The molecule has 2 aromatic carbocycles. The quantitative estimate of drug-likeness (QED) is 0.295. The van der Waals surface area contributed by atoms with E-state index in [1.165, 1.54) is 4.31 Å². The summed E-state index contributed by atoms with van der Waals surface area (Å²) in [7, 11) is -3.83. The van der Waals surface area contributed by atoms with Gasteiger partial charge in [-0.15, -0.1) is 0 Å². The van der Waals surface area contributed by atoms with Gasteiger partial charge in [0.05, 0.1) is 23.6 Å². The zero-order valence-corrected chi connectivity index (χ0v) is 23.2. The number of aromatic nitrogens is 1. The van der Waals surface area contributed by atoms with Gasteiger partial charge in [-0.3, -0.25) is 9.78 Å². The molecule has 0 radical (unpaired) electrons. The number of anilines is 1. The maximum atomic E-state index is 13.6. The number of pyridine rings is 1. The van der Waals surface area contributed by atoms with Crippen LogP contribution in [-0.4, -0.2) is 55.9 Å². The van der Waals surface area contributed by atoms with Gasteiger partial charge in [0.15, 0.2) is 0 Å². The van der Waals surface area contributed by atoms with E-state index in [1.807, 2.05) is 31.2 Å². The average molecular weight is 559 g/mol. The summed E-state index contributed by atoms with van der Waals surface area (Å²) in [6.07, 6.45) is 6.95. The molecule has 1 heterocycles. The van der Waals surface area contributed by atoms with Crippen molar-refractivity contribution in [3.63, 3.8) is 0 Å². The lowest BCUT2D eigenvalue weighted by Gasteiger charge is -2.33. The van der Waals surface area contributed by atoms with Gasteiger partial charge >= 0.3 is 0 Å². The second-order valence-corrected chi connectivity index (χ2v) is 11.7. The molecule has 0 spiro atoms. The van der Waals surface area contributed by atoms with Gasteiger partial charge in [-0.25, -0.2) is 8.42 Å². The van der Waals surface area contributed by atoms with E-state index < -0.39 is 10.0 Å². The Hall–Kier alpha value is -2.88. The lowest BCUT2D eigenvalue weighted by Crippen LogP contribution is -2.47. The molecule has 1 amide bonds. The molecule has 2 N–H and O–H groups in total. The fourth-order valence-electron chi connectivity index (χ4n) is 4.80. The number of halogens is 1. The van der Waals surface area contributed by atoms with Crippen molar-refractivity contribution < 1.29 is 17.9 Å². The number of hydrogen-bond acceptors (Lipinski definition) is 6. The van der Waals surface area contributed by atoms with Crippen LogP contribution >= 0.6 is 11.6 Å². The van der Waals surface area contributed by atoms with E-state index in [0.717, 1.165) is 48.7 Å². The highest BCUT2D eigenvalue weighted by molar-refractivity contribution is 7.89. The van der Waals surface area contributed by atoms with Crippen LogP contribution in [-0.2, 0) is 14.8 Å². The normalized spacial score (nSPS) is 14.5. The van der Waals surface area contributed by atoms with E-state index >= 15 is 0 Å². The summed E-state index contributed by atoms with van der Waals surface area (Å²) < 4.78 is 34.0. The van der Waals surface area contributed by atoms with Crippen molar-refractivity contribution in [1.29, 1.82) is 0 Å². The fourth-order valence-corrected chi connectivity index (χ4v) is 6.61. The SMILES string of the molecule is CCOc1ccc(S(=O)(=O)N(CC(=O)NCCCNc2ccnc3cc(Cl)ccc23)C2CCCCC2)cc1. The first-order valence-corrected chi connectivity index (χ1v) is 15.0. The second kappa shape index (κ2) is 13.3. The number of rotatable bonds is 12. The van der Waals surface area contributed by atoms with E-state index in [4.69, 9.17) is 16.3 Å². The fraction of sp³-hybridized carbons (Fsp3) is 0.429. The van der Waals surface area contributed by atoms with Crippen LogP contribution in [0.25, 0.3) is 10.9 Å². The Labute approximate surface area is 229 Å². The van der Waals surface area contributed by atoms with Crippen LogP contribution in [0.2, 0.25) is 5.02 Å². The van der Waals surface area contributed by atoms with Gasteiger partial charge in [0, 0.05) is 41.4 Å². The third kappa shape index (κ3) is 7.15. The summed E-state index contributed by atoms with van der Waals surface area (Å²) in [5.41, 5.74) is 1.76. The Kier molecular flexibility index (Phi) is 9.82. The van der Waals surface area contributed by atoms with E-state index in [1.54, 1.807) is 30.5 Å². The summed E-state index contributed by atoms with van der Waals surface area (Å²) in [6, 6.07) is 13.7. The van der Waals surface area contributed by atoms with Crippen LogP contribution < -0.4 is 15.4 Å². The van der Waals surface area contributed by atoms with E-state index in [2.05, 4.69) is 15.6 Å². The number of sulfonamides is 1. The number of nitrogens with zero attached hydrogens (tertiary/aromatic N) is 2. The molecule has 0 bridgehead atoms. The summed E-state index contributed by atoms with van der Waals surface area (Å²) in [6.45, 7) is 3.26. The molecule has 1 saturated carbocycles. The first-order chi connectivity index (χ1) is 18.4. The minimum Gasteiger partial charge on any atom is -0.494 e. The summed E-state index contributed by atoms with van der Waals surface area (Å²) in [5.74, 6) is 0.319. The number of ether oxygens (including phenoxy) is 1. The molecule has 4 rings (SSSR count). The van der Waals surface area contributed by atoms with Gasteiger partial charge in [-0.05, 0) is 74.7 Å². The number of amides is 1.